The van der Waals surface area contributed by atoms with Crippen molar-refractivity contribution in [3.63, 3.8) is 0 Å². The van der Waals surface area contributed by atoms with Gasteiger partial charge in [-0.15, -0.1) is 0 Å². The molecule has 49 heavy (non-hydrogen) atoms. The van der Waals surface area contributed by atoms with Crippen LogP contribution in [0, 0.1) is 11.3 Å². The molecule has 0 saturated carbocycles. The van der Waals surface area contributed by atoms with Crippen molar-refractivity contribution in [1.29, 1.82) is 0 Å². The van der Waals surface area contributed by atoms with E-state index in [1.807, 2.05) is 109 Å². The third-order valence-corrected chi connectivity index (χ3v) is 10.3. The van der Waals surface area contributed by atoms with Gasteiger partial charge in [-0.25, -0.2) is 8.42 Å². The van der Waals surface area contributed by atoms with Gasteiger partial charge in [0.2, 0.25) is 21.8 Å². The number of benzene rings is 3. The maximum absolute atomic E-state index is 14.1. The van der Waals surface area contributed by atoms with Gasteiger partial charge >= 0.3 is 0 Å². The number of nitrogens with zero attached hydrogens (tertiary/aromatic N) is 1. The summed E-state index contributed by atoms with van der Waals surface area (Å²) in [6, 6.07) is 22.6. The molecule has 3 aromatic carbocycles. The Morgan fingerprint density at radius 1 is 0.796 bits per heavy atom. The zero-order valence-corrected chi connectivity index (χ0v) is 30.9. The number of aliphatic hydroxyl groups excluding tert-OH is 1. The summed E-state index contributed by atoms with van der Waals surface area (Å²) >= 11 is 0. The van der Waals surface area contributed by atoms with E-state index in [2.05, 4.69) is 16.0 Å². The van der Waals surface area contributed by atoms with Crippen molar-refractivity contribution in [2.75, 3.05) is 18.8 Å². The zero-order chi connectivity index (χ0) is 36.6. The number of hydrogen-bond donors (Lipinski definition) is 5. The molecule has 268 valence electrons. The van der Waals surface area contributed by atoms with Crippen molar-refractivity contribution in [2.45, 2.75) is 96.5 Å². The zero-order valence-electron chi connectivity index (χ0n) is 30.1. The highest BCUT2D eigenvalue weighted by Gasteiger charge is 2.38. The van der Waals surface area contributed by atoms with E-state index in [0.29, 0.717) is 5.69 Å². The van der Waals surface area contributed by atoms with Crippen LogP contribution in [0.15, 0.2) is 89.8 Å². The second-order valence-electron chi connectivity index (χ2n) is 14.8. The fourth-order valence-electron chi connectivity index (χ4n) is 5.71. The molecule has 2 amide bonds. The van der Waals surface area contributed by atoms with Crippen molar-refractivity contribution in [1.82, 2.24) is 20.3 Å². The first-order valence-electron chi connectivity index (χ1n) is 16.8. The lowest BCUT2D eigenvalue weighted by molar-refractivity contribution is -0.133. The van der Waals surface area contributed by atoms with E-state index in [1.54, 1.807) is 6.92 Å². The topological polar surface area (TPSA) is 154 Å². The van der Waals surface area contributed by atoms with E-state index in [4.69, 9.17) is 5.73 Å². The Balaban J connectivity index is 1.86. The normalized spacial score (nSPS) is 15.0. The lowest BCUT2D eigenvalue weighted by Crippen LogP contribution is -2.61. The van der Waals surface area contributed by atoms with Crippen LogP contribution in [0.5, 0.6) is 0 Å². The summed E-state index contributed by atoms with van der Waals surface area (Å²) in [6.07, 6.45) is -1.05. The first-order valence-corrected chi connectivity index (χ1v) is 18.3. The molecule has 4 atom stereocenters. The Morgan fingerprint density at radius 3 is 1.88 bits per heavy atom. The van der Waals surface area contributed by atoms with Gasteiger partial charge in [0.1, 0.15) is 6.04 Å². The number of nitrogen functional groups attached to an aromatic ring is 1. The molecular weight excluding hydrogens is 639 g/mol. The van der Waals surface area contributed by atoms with Crippen LogP contribution in [0.1, 0.15) is 66.5 Å². The maximum atomic E-state index is 14.1. The van der Waals surface area contributed by atoms with Crippen LogP contribution in [-0.4, -0.2) is 67.0 Å². The van der Waals surface area contributed by atoms with Crippen molar-refractivity contribution in [2.24, 2.45) is 11.3 Å². The second-order valence-corrected chi connectivity index (χ2v) is 16.8. The lowest BCUT2D eigenvalue weighted by Gasteiger charge is -2.36. The Labute approximate surface area is 292 Å². The van der Waals surface area contributed by atoms with Gasteiger partial charge in [-0.1, -0.05) is 95.3 Å². The molecule has 0 unspecified atom stereocenters. The smallest absolute Gasteiger partial charge is 0.243 e. The molecule has 6 N–H and O–H groups in total. The Hall–Kier alpha value is -3.77. The number of hydrogen-bond acceptors (Lipinski definition) is 7. The molecule has 10 nitrogen and oxygen atoms in total. The van der Waals surface area contributed by atoms with Gasteiger partial charge < -0.3 is 21.5 Å². The van der Waals surface area contributed by atoms with Crippen LogP contribution in [0.25, 0.3) is 0 Å². The minimum atomic E-state index is -4.00. The van der Waals surface area contributed by atoms with E-state index in [1.165, 1.54) is 28.6 Å². The molecule has 0 bridgehead atoms. The fourth-order valence-corrected chi connectivity index (χ4v) is 7.33. The second kappa shape index (κ2) is 16.8. The third-order valence-electron chi connectivity index (χ3n) is 8.45. The summed E-state index contributed by atoms with van der Waals surface area (Å²) in [5.74, 6) is -0.870. The maximum Gasteiger partial charge on any atom is 0.243 e. The molecule has 0 aliphatic carbocycles. The lowest BCUT2D eigenvalue weighted by atomic mass is 9.85. The van der Waals surface area contributed by atoms with Crippen molar-refractivity contribution < 1.29 is 23.1 Å². The number of nitrogens with one attached hydrogen (secondary N) is 3. The number of carbonyl (C=O) groups excluding carboxylic acids is 2. The predicted octanol–water partition coefficient (Wildman–Crippen LogP) is 4.45. The molecule has 0 aliphatic rings. The van der Waals surface area contributed by atoms with Crippen molar-refractivity contribution in [3.05, 3.63) is 96.1 Å². The number of anilines is 1. The van der Waals surface area contributed by atoms with Gasteiger partial charge in [0.25, 0.3) is 0 Å². The molecule has 0 aromatic heterocycles. The monoisotopic (exact) mass is 693 g/mol. The Kier molecular flexibility index (Phi) is 13.6. The average Bonchev–Trinajstić information content (AvgIpc) is 3.02. The SMILES string of the molecule is CC(C)CN(C[C@@H](O)[C@H](Cc1ccccc1)NC(=O)[C@@H](NC(=O)[C@@H](C)NC(C)(C)c1ccccc1)C(C)(C)C)S(=O)(=O)c1ccc(N)cc1. The van der Waals surface area contributed by atoms with Crippen molar-refractivity contribution in [3.8, 4) is 0 Å². The number of aliphatic hydroxyl groups is 1. The van der Waals surface area contributed by atoms with Crippen LogP contribution in [0.4, 0.5) is 5.69 Å². The quantitative estimate of drug-likeness (QED) is 0.139. The molecule has 3 rings (SSSR count). The van der Waals surface area contributed by atoms with Gasteiger partial charge in [-0.2, -0.15) is 4.31 Å². The van der Waals surface area contributed by atoms with E-state index in [-0.39, 0.29) is 36.2 Å². The standard InChI is InChI=1S/C38H55N5O5S/c1-26(2)24-43(49(47,48)31-21-19-30(39)20-22-31)25-33(44)32(23-28-15-11-9-12-16-28)40-36(46)34(37(4,5)6)41-35(45)27(3)42-38(7,8)29-17-13-10-14-18-29/h9-22,26-27,32-34,42,44H,23-25,39H2,1-8H3,(H,40,46)(H,41,45)/t27-,32+,33-,34-/m1/s1. The Morgan fingerprint density at radius 2 is 1.35 bits per heavy atom. The minimum Gasteiger partial charge on any atom is -0.399 e. The van der Waals surface area contributed by atoms with E-state index in [0.717, 1.165) is 11.1 Å². The van der Waals surface area contributed by atoms with E-state index in [9.17, 15) is 23.1 Å². The highest BCUT2D eigenvalue weighted by Crippen LogP contribution is 2.24. The third kappa shape index (κ3) is 11.4. The van der Waals surface area contributed by atoms with Gasteiger partial charge in [0, 0.05) is 24.3 Å². The molecule has 0 radical (unpaired) electrons. The van der Waals surface area contributed by atoms with Crippen LogP contribution >= 0.6 is 0 Å². The van der Waals surface area contributed by atoms with Gasteiger partial charge in [-0.05, 0) is 73.9 Å². The van der Waals surface area contributed by atoms with Gasteiger partial charge in [0.15, 0.2) is 0 Å². The molecule has 3 aromatic rings. The molecule has 11 heteroatoms. The molecule has 0 spiro atoms. The molecule has 0 saturated heterocycles. The first kappa shape index (κ1) is 39.7. The average molecular weight is 694 g/mol. The van der Waals surface area contributed by atoms with E-state index >= 15 is 0 Å². The number of sulfonamides is 1. The number of rotatable bonds is 16. The summed E-state index contributed by atoms with van der Waals surface area (Å²) in [6.45, 7) is 15.0. The van der Waals surface area contributed by atoms with Crippen LogP contribution in [0.3, 0.4) is 0 Å². The van der Waals surface area contributed by atoms with E-state index < -0.39 is 51.1 Å². The summed E-state index contributed by atoms with van der Waals surface area (Å²) in [7, 11) is -4.00. The summed E-state index contributed by atoms with van der Waals surface area (Å²) < 4.78 is 28.8. The molecular formula is C38H55N5O5S. The van der Waals surface area contributed by atoms with Crippen LogP contribution in [-0.2, 0) is 31.6 Å². The summed E-state index contributed by atoms with van der Waals surface area (Å²) in [5.41, 5.74) is 6.89. The molecule has 0 heterocycles. The fraction of sp³-hybridized carbons (Fsp3) is 0.474. The highest BCUT2D eigenvalue weighted by atomic mass is 32.2. The summed E-state index contributed by atoms with van der Waals surface area (Å²) in [4.78, 5) is 27.7. The van der Waals surface area contributed by atoms with Crippen molar-refractivity contribution >= 4 is 27.5 Å². The number of amides is 2. The predicted molar refractivity (Wildman–Crippen MR) is 196 cm³/mol. The summed E-state index contributed by atoms with van der Waals surface area (Å²) in [5, 5.41) is 21.0. The molecule has 0 aliphatic heterocycles. The number of nitrogens with two attached hydrogens (primary N) is 1. The highest BCUT2D eigenvalue weighted by molar-refractivity contribution is 7.89. The van der Waals surface area contributed by atoms with Crippen LogP contribution < -0.4 is 21.7 Å². The van der Waals surface area contributed by atoms with Crippen LogP contribution in [0.2, 0.25) is 0 Å². The van der Waals surface area contributed by atoms with Gasteiger partial charge in [0.05, 0.1) is 23.1 Å². The largest absolute Gasteiger partial charge is 0.399 e. The molecule has 0 fully saturated rings. The van der Waals surface area contributed by atoms with Gasteiger partial charge in [-0.3, -0.25) is 14.9 Å². The number of carbonyl (C=O) groups is 2. The minimum absolute atomic E-state index is 0.0409. The first-order chi connectivity index (χ1) is 22.8. The Bertz CT molecular complexity index is 1610.